The molecule has 2 heterocycles. The third kappa shape index (κ3) is 5.77. The Kier molecular flexibility index (Phi) is 8.77. The summed E-state index contributed by atoms with van der Waals surface area (Å²) in [6, 6.07) is 90.2. The van der Waals surface area contributed by atoms with Crippen LogP contribution in [0, 0.1) is 0 Å². The summed E-state index contributed by atoms with van der Waals surface area (Å²) in [5, 5.41) is 7.32. The summed E-state index contributed by atoms with van der Waals surface area (Å²) in [5.74, 6) is 1.91. The third-order valence-corrected chi connectivity index (χ3v) is 16.7. The minimum Gasteiger partial charge on any atom is -0.327 e. The van der Waals surface area contributed by atoms with Crippen LogP contribution < -0.4 is 0 Å². The highest BCUT2D eigenvalue weighted by molar-refractivity contribution is 6.22. The van der Waals surface area contributed by atoms with Gasteiger partial charge in [-0.05, 0) is 147 Å². The van der Waals surface area contributed by atoms with Gasteiger partial charge in [0.15, 0.2) is 0 Å². The fraction of sp³-hybridized carbons (Fsp3) is 0.0423. The van der Waals surface area contributed by atoms with Crippen LogP contribution in [0.4, 0.5) is 0 Å². The first-order valence-electron chi connectivity index (χ1n) is 25.9. The molecule has 12 aromatic carbocycles. The Morgan fingerprint density at radius 3 is 1.29 bits per heavy atom. The molecule has 4 heteroatoms. The van der Waals surface area contributed by atoms with Gasteiger partial charge in [-0.15, -0.1) is 0 Å². The Labute approximate surface area is 434 Å². The molecule has 0 saturated carbocycles. The first kappa shape index (κ1) is 41.9. The molecule has 0 fully saturated rings. The van der Waals surface area contributed by atoms with Crippen LogP contribution >= 0.6 is 0 Å². The third-order valence-electron chi connectivity index (χ3n) is 16.7. The van der Waals surface area contributed by atoms with Gasteiger partial charge in [-0.1, -0.05) is 206 Å². The number of fused-ring (bicyclic) bond motifs is 16. The SMILES string of the molecule is Cn1c(-c2ccccc2)nc2ccc(-c3cccc4c(-c5cc6ccccc6c6c5C5(c7ccccc7-c7ccccc75)c5ccccc5-6)c5cccc(-c6ccc7nc(-c8ccccc8)n(C)c7c6)c5cc34)cc21. The second-order valence-electron chi connectivity index (χ2n) is 20.5. The zero-order valence-electron chi connectivity index (χ0n) is 41.4. The molecule has 1 spiro atoms. The highest BCUT2D eigenvalue weighted by Crippen LogP contribution is 2.66. The zero-order chi connectivity index (χ0) is 49.5. The first-order chi connectivity index (χ1) is 37.0. The van der Waals surface area contributed by atoms with E-state index in [1.54, 1.807) is 0 Å². The number of hydrogen-bond donors (Lipinski definition) is 0. The van der Waals surface area contributed by atoms with Crippen LogP contribution in [-0.4, -0.2) is 19.1 Å². The molecule has 2 aromatic heterocycles. The summed E-state index contributed by atoms with van der Waals surface area (Å²) in [5.41, 5.74) is 23.4. The van der Waals surface area contributed by atoms with Gasteiger partial charge in [0.05, 0.1) is 27.5 Å². The van der Waals surface area contributed by atoms with Crippen molar-refractivity contribution in [2.75, 3.05) is 0 Å². The fourth-order valence-electron chi connectivity index (χ4n) is 13.5. The average Bonchev–Trinajstić information content (AvgIpc) is 4.32. The van der Waals surface area contributed by atoms with Gasteiger partial charge in [0.2, 0.25) is 0 Å². The lowest BCUT2D eigenvalue weighted by Gasteiger charge is -2.33. The molecule has 0 N–H and O–H groups in total. The highest BCUT2D eigenvalue weighted by atomic mass is 15.1. The van der Waals surface area contributed by atoms with Crippen molar-refractivity contribution in [3.05, 3.63) is 265 Å². The Morgan fingerprint density at radius 1 is 0.307 bits per heavy atom. The van der Waals surface area contributed by atoms with Gasteiger partial charge < -0.3 is 9.13 Å². The number of aryl methyl sites for hydroxylation is 2. The molecule has 14 aromatic rings. The lowest BCUT2D eigenvalue weighted by molar-refractivity contribution is 0.796. The van der Waals surface area contributed by atoms with Crippen molar-refractivity contribution in [1.29, 1.82) is 0 Å². The van der Waals surface area contributed by atoms with Gasteiger partial charge >= 0.3 is 0 Å². The molecule has 16 rings (SSSR count). The van der Waals surface area contributed by atoms with Gasteiger partial charge in [-0.25, -0.2) is 9.97 Å². The number of imidazole rings is 2. The molecule has 75 heavy (non-hydrogen) atoms. The Balaban J connectivity index is 1.04. The van der Waals surface area contributed by atoms with Crippen molar-refractivity contribution in [3.63, 3.8) is 0 Å². The number of benzene rings is 12. The monoisotopic (exact) mass is 954 g/mol. The maximum Gasteiger partial charge on any atom is 0.140 e. The van der Waals surface area contributed by atoms with Crippen molar-refractivity contribution in [1.82, 2.24) is 19.1 Å². The zero-order valence-corrected chi connectivity index (χ0v) is 41.4. The number of aromatic nitrogens is 4. The summed E-state index contributed by atoms with van der Waals surface area (Å²) in [6.45, 7) is 0. The first-order valence-corrected chi connectivity index (χ1v) is 25.9. The standard InChI is InChI=1S/C71H46N4/c1-74-64-40-46(35-37-62(64)72-69(74)43-19-5-3-6-20-43)48-28-17-30-53-56(48)42-57-49(47-36-38-63-65(41-47)75(2)70(73-63)44-21-7-4-8-22-44)29-18-31-54(57)66(53)58-39-45-23-9-10-24-50(45)67-55-27-13-16-34-61(55)71(68(58)67)59-32-14-11-25-51(59)52-26-12-15-33-60(52)71/h3-42H,1-2H3. The lowest BCUT2D eigenvalue weighted by Crippen LogP contribution is -2.26. The van der Waals surface area contributed by atoms with Gasteiger partial charge in [-0.2, -0.15) is 0 Å². The van der Waals surface area contributed by atoms with Crippen molar-refractivity contribution >= 4 is 54.4 Å². The Bertz CT molecular complexity index is 4500. The van der Waals surface area contributed by atoms with Crippen LogP contribution in [-0.2, 0) is 19.5 Å². The summed E-state index contributed by atoms with van der Waals surface area (Å²) in [4.78, 5) is 10.3. The molecule has 0 unspecified atom stereocenters. The van der Waals surface area contributed by atoms with Crippen molar-refractivity contribution in [2.24, 2.45) is 14.1 Å². The fourth-order valence-corrected chi connectivity index (χ4v) is 13.5. The average molecular weight is 955 g/mol. The van der Waals surface area contributed by atoms with E-state index < -0.39 is 5.41 Å². The van der Waals surface area contributed by atoms with E-state index >= 15 is 0 Å². The Morgan fingerprint density at radius 2 is 0.747 bits per heavy atom. The number of hydrogen-bond acceptors (Lipinski definition) is 2. The van der Waals surface area contributed by atoms with Crippen molar-refractivity contribution in [2.45, 2.75) is 5.41 Å². The molecule has 350 valence electrons. The second kappa shape index (κ2) is 15.7. The van der Waals surface area contributed by atoms with Crippen LogP contribution in [0.25, 0.3) is 133 Å². The molecule has 4 nitrogen and oxygen atoms in total. The summed E-state index contributed by atoms with van der Waals surface area (Å²) < 4.78 is 4.48. The minimum atomic E-state index is -0.579. The molecule has 0 radical (unpaired) electrons. The molecule has 0 aliphatic heterocycles. The van der Waals surface area contributed by atoms with E-state index in [2.05, 4.69) is 266 Å². The summed E-state index contributed by atoms with van der Waals surface area (Å²) >= 11 is 0. The molecular weight excluding hydrogens is 909 g/mol. The smallest absolute Gasteiger partial charge is 0.140 e. The Hall–Kier alpha value is -9.64. The maximum absolute atomic E-state index is 5.16. The van der Waals surface area contributed by atoms with Gasteiger partial charge in [0.25, 0.3) is 0 Å². The van der Waals surface area contributed by atoms with E-state index in [-0.39, 0.29) is 0 Å². The summed E-state index contributed by atoms with van der Waals surface area (Å²) in [6.07, 6.45) is 0. The predicted octanol–water partition coefficient (Wildman–Crippen LogP) is 17.6. The molecule has 0 bridgehead atoms. The molecule has 2 aliphatic carbocycles. The van der Waals surface area contributed by atoms with Gasteiger partial charge in [0.1, 0.15) is 11.6 Å². The van der Waals surface area contributed by atoms with E-state index in [0.29, 0.717) is 0 Å². The molecule has 0 saturated heterocycles. The van der Waals surface area contributed by atoms with Gasteiger partial charge in [0, 0.05) is 25.2 Å². The van der Waals surface area contributed by atoms with E-state index in [9.17, 15) is 0 Å². The summed E-state index contributed by atoms with van der Waals surface area (Å²) in [7, 11) is 4.27. The molecule has 0 atom stereocenters. The van der Waals surface area contributed by atoms with E-state index in [4.69, 9.17) is 9.97 Å². The van der Waals surface area contributed by atoms with Gasteiger partial charge in [-0.3, -0.25) is 0 Å². The van der Waals surface area contributed by atoms with Crippen molar-refractivity contribution in [3.8, 4) is 78.4 Å². The minimum absolute atomic E-state index is 0.579. The molecular formula is C71H46N4. The lowest BCUT2D eigenvalue weighted by atomic mass is 9.68. The van der Waals surface area contributed by atoms with Crippen molar-refractivity contribution < 1.29 is 0 Å². The van der Waals surface area contributed by atoms with Crippen LogP contribution in [0.5, 0.6) is 0 Å². The highest BCUT2D eigenvalue weighted by Gasteiger charge is 2.53. The second-order valence-corrected chi connectivity index (χ2v) is 20.5. The molecule has 2 aliphatic rings. The van der Waals surface area contributed by atoms with Crippen LogP contribution in [0.1, 0.15) is 22.3 Å². The van der Waals surface area contributed by atoms with E-state index in [0.717, 1.165) is 56.0 Å². The van der Waals surface area contributed by atoms with Crippen LogP contribution in [0.2, 0.25) is 0 Å². The normalized spacial score (nSPS) is 13.0. The topological polar surface area (TPSA) is 35.6 Å². The largest absolute Gasteiger partial charge is 0.327 e. The predicted molar refractivity (Wildman–Crippen MR) is 311 cm³/mol. The van der Waals surface area contributed by atoms with E-state index in [1.807, 2.05) is 0 Å². The molecule has 0 amide bonds. The van der Waals surface area contributed by atoms with Crippen LogP contribution in [0.3, 0.4) is 0 Å². The number of rotatable bonds is 5. The quantitative estimate of drug-likeness (QED) is 0.161. The maximum atomic E-state index is 5.16. The van der Waals surface area contributed by atoms with Crippen LogP contribution in [0.15, 0.2) is 243 Å². The van der Waals surface area contributed by atoms with E-state index in [1.165, 1.54) is 99.1 Å². The number of nitrogens with zero attached hydrogens (tertiary/aromatic N) is 4.